The molecule has 1 atom stereocenters. The Morgan fingerprint density at radius 1 is 1.10 bits per heavy atom. The van der Waals surface area contributed by atoms with Gasteiger partial charge in [0.15, 0.2) is 6.10 Å². The minimum absolute atomic E-state index is 0.143. The Labute approximate surface area is 175 Å². The maximum Gasteiger partial charge on any atom is 0.347 e. The first kappa shape index (κ1) is 21.0. The zero-order valence-electron chi connectivity index (χ0n) is 17.3. The number of rotatable bonds is 6. The number of hydrogen-bond acceptors (Lipinski definition) is 5. The molecule has 0 fully saturated rings. The Hall–Kier alpha value is -2.67. The molecule has 2 aromatic rings. The summed E-state index contributed by atoms with van der Waals surface area (Å²) < 4.78 is 12.3. The Morgan fingerprint density at radius 3 is 2.41 bits per heavy atom. The van der Waals surface area contributed by atoms with Gasteiger partial charge in [-0.3, -0.25) is 4.90 Å². The highest BCUT2D eigenvalue weighted by molar-refractivity contribution is 8.01. The van der Waals surface area contributed by atoms with E-state index in [0.717, 1.165) is 16.3 Å². The lowest BCUT2D eigenvalue weighted by molar-refractivity contribution is -0.150. The summed E-state index contributed by atoms with van der Waals surface area (Å²) in [6.07, 6.45) is -0.721. The minimum Gasteiger partial charge on any atom is -0.479 e. The quantitative estimate of drug-likeness (QED) is 0.479. The van der Waals surface area contributed by atoms with Crippen LogP contribution in [0.4, 0.5) is 16.2 Å². The highest BCUT2D eigenvalue weighted by Gasteiger charge is 2.31. The van der Waals surface area contributed by atoms with Gasteiger partial charge in [0.2, 0.25) is 0 Å². The number of carbonyl (C=O) groups excluding carboxylic acids is 2. The molecule has 0 N–H and O–H groups in total. The molecule has 0 aliphatic carbocycles. The fraction of sp³-hybridized carbons (Fsp3) is 0.364. The van der Waals surface area contributed by atoms with Crippen LogP contribution in [0.5, 0.6) is 5.75 Å². The van der Waals surface area contributed by atoms with Gasteiger partial charge in [-0.05, 0) is 61.5 Å². The van der Waals surface area contributed by atoms with E-state index in [1.165, 1.54) is 17.5 Å². The van der Waals surface area contributed by atoms with Gasteiger partial charge >= 0.3 is 12.0 Å². The van der Waals surface area contributed by atoms with E-state index in [9.17, 15) is 9.59 Å². The lowest BCUT2D eigenvalue weighted by Gasteiger charge is -2.34. The van der Waals surface area contributed by atoms with E-state index in [1.54, 1.807) is 42.2 Å². The van der Waals surface area contributed by atoms with E-state index < -0.39 is 12.1 Å². The molecule has 0 unspecified atom stereocenters. The van der Waals surface area contributed by atoms with Gasteiger partial charge in [-0.1, -0.05) is 26.0 Å². The maximum atomic E-state index is 13.0. The van der Waals surface area contributed by atoms with Crippen molar-refractivity contribution in [1.29, 1.82) is 0 Å². The molecule has 0 bridgehead atoms. The second kappa shape index (κ2) is 8.78. The van der Waals surface area contributed by atoms with Crippen LogP contribution in [-0.2, 0) is 9.53 Å². The average Bonchev–Trinajstić information content (AvgIpc) is 2.71. The molecule has 154 valence electrons. The lowest BCUT2D eigenvalue weighted by atomic mass is 10.0. The van der Waals surface area contributed by atoms with Crippen LogP contribution in [0.25, 0.3) is 0 Å². The van der Waals surface area contributed by atoms with E-state index in [1.807, 2.05) is 18.2 Å². The molecule has 2 amide bonds. The van der Waals surface area contributed by atoms with Crippen LogP contribution in [0.1, 0.15) is 39.2 Å². The van der Waals surface area contributed by atoms with Crippen molar-refractivity contribution < 1.29 is 19.1 Å². The molecule has 0 radical (unpaired) electrons. The van der Waals surface area contributed by atoms with Gasteiger partial charge in [-0.2, -0.15) is 0 Å². The van der Waals surface area contributed by atoms with Crippen molar-refractivity contribution in [3.63, 3.8) is 0 Å². The van der Waals surface area contributed by atoms with Crippen LogP contribution in [0, 0.1) is 0 Å². The molecule has 6 nitrogen and oxygen atoms in total. The van der Waals surface area contributed by atoms with Gasteiger partial charge in [-0.15, -0.1) is 0 Å². The van der Waals surface area contributed by atoms with Crippen molar-refractivity contribution in [2.24, 2.45) is 0 Å². The SMILES string of the molecule is CCOC(=O)[C@@H](C)Oc1ccc2c(c1)N(C)C(=O)N(c1ccc(C(C)C)cc1)S2. The molecule has 2 aromatic carbocycles. The number of fused-ring (bicyclic) bond motifs is 1. The largest absolute Gasteiger partial charge is 0.479 e. The van der Waals surface area contributed by atoms with E-state index in [0.29, 0.717) is 18.3 Å². The zero-order chi connectivity index (χ0) is 21.1. The summed E-state index contributed by atoms with van der Waals surface area (Å²) in [5.74, 6) is 0.534. The van der Waals surface area contributed by atoms with Crippen molar-refractivity contribution in [1.82, 2.24) is 0 Å². The molecule has 29 heavy (non-hydrogen) atoms. The van der Waals surface area contributed by atoms with Crippen LogP contribution in [0.15, 0.2) is 47.4 Å². The third-order valence-electron chi connectivity index (χ3n) is 4.67. The highest BCUT2D eigenvalue weighted by atomic mass is 32.2. The fourth-order valence-corrected chi connectivity index (χ4v) is 4.00. The molecular formula is C22H26N2O4S. The first-order valence-electron chi connectivity index (χ1n) is 9.65. The predicted molar refractivity (Wildman–Crippen MR) is 116 cm³/mol. The summed E-state index contributed by atoms with van der Waals surface area (Å²) in [4.78, 5) is 27.3. The van der Waals surface area contributed by atoms with Gasteiger partial charge < -0.3 is 9.47 Å². The fourth-order valence-electron chi connectivity index (χ4n) is 2.96. The molecule has 1 aliphatic heterocycles. The molecule has 0 saturated carbocycles. The first-order chi connectivity index (χ1) is 13.8. The number of ether oxygens (including phenoxy) is 2. The lowest BCUT2D eigenvalue weighted by Crippen LogP contribution is -2.40. The number of benzene rings is 2. The number of nitrogens with zero attached hydrogens (tertiary/aromatic N) is 2. The van der Waals surface area contributed by atoms with Crippen molar-refractivity contribution in [3.05, 3.63) is 48.0 Å². The third kappa shape index (κ3) is 4.50. The van der Waals surface area contributed by atoms with Crippen LogP contribution >= 0.6 is 11.9 Å². The van der Waals surface area contributed by atoms with Gasteiger partial charge in [-0.25, -0.2) is 13.9 Å². The number of hydrogen-bond donors (Lipinski definition) is 0. The normalized spacial score (nSPS) is 14.6. The summed E-state index contributed by atoms with van der Waals surface area (Å²) in [5, 5.41) is 0. The monoisotopic (exact) mass is 414 g/mol. The second-order valence-electron chi connectivity index (χ2n) is 7.12. The van der Waals surface area contributed by atoms with E-state index in [-0.39, 0.29) is 6.03 Å². The van der Waals surface area contributed by atoms with E-state index in [2.05, 4.69) is 26.0 Å². The Kier molecular flexibility index (Phi) is 6.37. The standard InChI is InChI=1S/C22H26N2O4S/c1-6-27-21(25)15(4)28-18-11-12-20-19(13-18)23(5)22(26)24(29-20)17-9-7-16(8-10-17)14(2)3/h7-15H,6H2,1-5H3/t15-/m1/s1. The summed E-state index contributed by atoms with van der Waals surface area (Å²) in [7, 11) is 1.73. The number of anilines is 2. The highest BCUT2D eigenvalue weighted by Crippen LogP contribution is 2.42. The molecule has 0 saturated heterocycles. The molecular weight excluding hydrogens is 388 g/mol. The van der Waals surface area contributed by atoms with Gasteiger partial charge in [0.25, 0.3) is 0 Å². The summed E-state index contributed by atoms with van der Waals surface area (Å²) in [6, 6.07) is 13.4. The Bertz CT molecular complexity index is 898. The topological polar surface area (TPSA) is 59.1 Å². The van der Waals surface area contributed by atoms with Gasteiger partial charge in [0.1, 0.15) is 5.75 Å². The van der Waals surface area contributed by atoms with Crippen molar-refractivity contribution in [2.45, 2.75) is 44.6 Å². The second-order valence-corrected chi connectivity index (χ2v) is 8.10. The Morgan fingerprint density at radius 2 is 1.79 bits per heavy atom. The molecule has 0 aromatic heterocycles. The van der Waals surface area contributed by atoms with Gasteiger partial charge in [0, 0.05) is 13.1 Å². The molecule has 7 heteroatoms. The number of carbonyl (C=O) groups is 2. The van der Waals surface area contributed by atoms with Crippen molar-refractivity contribution >= 4 is 35.3 Å². The predicted octanol–water partition coefficient (Wildman–Crippen LogP) is 5.22. The number of esters is 1. The van der Waals surface area contributed by atoms with E-state index in [4.69, 9.17) is 9.47 Å². The van der Waals surface area contributed by atoms with Crippen LogP contribution in [0.3, 0.4) is 0 Å². The number of amides is 2. The summed E-state index contributed by atoms with van der Waals surface area (Å²) >= 11 is 1.37. The summed E-state index contributed by atoms with van der Waals surface area (Å²) in [6.45, 7) is 7.98. The zero-order valence-corrected chi connectivity index (χ0v) is 18.2. The molecule has 3 rings (SSSR count). The third-order valence-corrected chi connectivity index (χ3v) is 5.76. The molecule has 0 spiro atoms. The maximum absolute atomic E-state index is 13.0. The van der Waals surface area contributed by atoms with Crippen LogP contribution < -0.4 is 13.9 Å². The smallest absolute Gasteiger partial charge is 0.347 e. The number of urea groups is 1. The molecule has 1 aliphatic rings. The van der Waals surface area contributed by atoms with Gasteiger partial charge in [0.05, 0.1) is 22.9 Å². The van der Waals surface area contributed by atoms with Crippen molar-refractivity contribution in [3.8, 4) is 5.75 Å². The first-order valence-corrected chi connectivity index (χ1v) is 10.4. The Balaban J connectivity index is 1.81. The molecule has 1 heterocycles. The summed E-state index contributed by atoms with van der Waals surface area (Å²) in [5.41, 5.74) is 2.80. The average molecular weight is 415 g/mol. The van der Waals surface area contributed by atoms with Crippen LogP contribution in [-0.4, -0.2) is 31.8 Å². The van der Waals surface area contributed by atoms with E-state index >= 15 is 0 Å². The minimum atomic E-state index is -0.721. The van der Waals surface area contributed by atoms with Crippen molar-refractivity contribution in [2.75, 3.05) is 22.9 Å². The van der Waals surface area contributed by atoms with Crippen LogP contribution in [0.2, 0.25) is 0 Å².